The summed E-state index contributed by atoms with van der Waals surface area (Å²) in [7, 11) is 0. The molecule has 1 saturated heterocycles. The molecule has 5 heteroatoms. The average molecular weight is 279 g/mol. The lowest BCUT2D eigenvalue weighted by molar-refractivity contribution is 0.0514. The quantitative estimate of drug-likeness (QED) is 0.868. The molecule has 1 aromatic heterocycles. The molecule has 0 bridgehead atoms. The topological polar surface area (TPSA) is 56.2 Å². The van der Waals surface area contributed by atoms with E-state index in [0.717, 1.165) is 44.7 Å². The molecule has 2 rings (SSSR count). The van der Waals surface area contributed by atoms with E-state index in [1.807, 2.05) is 11.6 Å². The molecule has 2 heterocycles. The first-order valence-electron chi connectivity index (χ1n) is 7.60. The highest BCUT2D eigenvalue weighted by molar-refractivity contribution is 5.94. The second-order valence-electron chi connectivity index (χ2n) is 5.49. The van der Waals surface area contributed by atoms with Gasteiger partial charge >= 0.3 is 0 Å². The summed E-state index contributed by atoms with van der Waals surface area (Å²) in [6, 6.07) is 0. The van der Waals surface area contributed by atoms with Gasteiger partial charge in [-0.2, -0.15) is 5.10 Å². The molecule has 1 atom stereocenters. The predicted octanol–water partition coefficient (Wildman–Crippen LogP) is 2.15. The number of hydrogen-bond donors (Lipinski definition) is 1. The number of carbonyl (C=O) groups is 1. The van der Waals surface area contributed by atoms with Crippen molar-refractivity contribution in [2.24, 2.45) is 5.92 Å². The fourth-order valence-corrected chi connectivity index (χ4v) is 2.63. The van der Waals surface area contributed by atoms with Crippen LogP contribution in [0.1, 0.15) is 48.7 Å². The first-order valence-corrected chi connectivity index (χ1v) is 7.60. The van der Waals surface area contributed by atoms with Crippen molar-refractivity contribution >= 4 is 5.91 Å². The molecule has 1 aromatic rings. The van der Waals surface area contributed by atoms with E-state index in [4.69, 9.17) is 4.74 Å². The fraction of sp³-hybridized carbons (Fsp3) is 0.733. The minimum absolute atomic E-state index is 0.0124. The van der Waals surface area contributed by atoms with Crippen LogP contribution in [0.3, 0.4) is 0 Å². The standard InChI is InChI=1S/C15H25N3O2/c1-3-8-18-12(2)14(10-17-18)15(19)16-7-6-13-5-4-9-20-11-13/h10,13H,3-9,11H2,1-2H3,(H,16,19)/t13-/m1/s1. The molecule has 1 aliphatic heterocycles. The SMILES string of the molecule is CCCn1ncc(C(=O)NCC[C@H]2CCCOC2)c1C. The third-order valence-corrected chi connectivity index (χ3v) is 3.88. The van der Waals surface area contributed by atoms with Crippen LogP contribution in [0.15, 0.2) is 6.20 Å². The molecule has 1 aliphatic rings. The number of ether oxygens (including phenoxy) is 1. The Morgan fingerprint density at radius 3 is 3.15 bits per heavy atom. The van der Waals surface area contributed by atoms with Crippen LogP contribution in [0.25, 0.3) is 0 Å². The Kier molecular flexibility index (Phi) is 5.59. The predicted molar refractivity (Wildman–Crippen MR) is 77.7 cm³/mol. The van der Waals surface area contributed by atoms with Crippen LogP contribution in [0.2, 0.25) is 0 Å². The van der Waals surface area contributed by atoms with E-state index in [9.17, 15) is 4.79 Å². The normalized spacial score (nSPS) is 19.0. The molecule has 20 heavy (non-hydrogen) atoms. The number of rotatable bonds is 6. The van der Waals surface area contributed by atoms with Gasteiger partial charge < -0.3 is 10.1 Å². The zero-order valence-corrected chi connectivity index (χ0v) is 12.5. The maximum absolute atomic E-state index is 12.1. The lowest BCUT2D eigenvalue weighted by Crippen LogP contribution is -2.28. The molecule has 1 fully saturated rings. The summed E-state index contributed by atoms with van der Waals surface area (Å²) >= 11 is 0. The van der Waals surface area contributed by atoms with Crippen molar-refractivity contribution < 1.29 is 9.53 Å². The third kappa shape index (κ3) is 3.82. The van der Waals surface area contributed by atoms with Crippen LogP contribution in [0.5, 0.6) is 0 Å². The van der Waals surface area contributed by atoms with E-state index in [0.29, 0.717) is 18.0 Å². The average Bonchev–Trinajstić information content (AvgIpc) is 2.82. The highest BCUT2D eigenvalue weighted by Gasteiger charge is 2.16. The second kappa shape index (κ2) is 7.43. The van der Waals surface area contributed by atoms with Gasteiger partial charge in [0.25, 0.3) is 5.91 Å². The van der Waals surface area contributed by atoms with Crippen LogP contribution < -0.4 is 5.32 Å². The summed E-state index contributed by atoms with van der Waals surface area (Å²) in [5, 5.41) is 7.25. The molecule has 1 N–H and O–H groups in total. The fourth-order valence-electron chi connectivity index (χ4n) is 2.63. The van der Waals surface area contributed by atoms with Crippen molar-refractivity contribution in [1.82, 2.24) is 15.1 Å². The molecule has 0 aliphatic carbocycles. The summed E-state index contributed by atoms with van der Waals surface area (Å²) in [5.41, 5.74) is 1.64. The Balaban J connectivity index is 1.79. The maximum Gasteiger partial charge on any atom is 0.254 e. The minimum atomic E-state index is -0.0124. The number of aromatic nitrogens is 2. The van der Waals surface area contributed by atoms with Crippen molar-refractivity contribution in [3.63, 3.8) is 0 Å². The zero-order chi connectivity index (χ0) is 14.4. The molecule has 0 unspecified atom stereocenters. The van der Waals surface area contributed by atoms with E-state index in [1.54, 1.807) is 6.20 Å². The van der Waals surface area contributed by atoms with Crippen LogP contribution in [0.4, 0.5) is 0 Å². The monoisotopic (exact) mass is 279 g/mol. The lowest BCUT2D eigenvalue weighted by Gasteiger charge is -2.21. The summed E-state index contributed by atoms with van der Waals surface area (Å²) in [4.78, 5) is 12.1. The van der Waals surface area contributed by atoms with Gasteiger partial charge in [0.05, 0.1) is 11.8 Å². The van der Waals surface area contributed by atoms with Gasteiger partial charge in [0.2, 0.25) is 0 Å². The van der Waals surface area contributed by atoms with Crippen LogP contribution in [-0.4, -0.2) is 35.4 Å². The summed E-state index contributed by atoms with van der Waals surface area (Å²) < 4.78 is 7.34. The highest BCUT2D eigenvalue weighted by atomic mass is 16.5. The Bertz CT molecular complexity index is 436. The number of amides is 1. The van der Waals surface area contributed by atoms with Gasteiger partial charge in [-0.05, 0) is 38.5 Å². The van der Waals surface area contributed by atoms with Crippen molar-refractivity contribution in [3.05, 3.63) is 17.5 Å². The van der Waals surface area contributed by atoms with Gasteiger partial charge in [0.15, 0.2) is 0 Å². The number of hydrogen-bond acceptors (Lipinski definition) is 3. The summed E-state index contributed by atoms with van der Waals surface area (Å²) in [5.74, 6) is 0.578. The number of aryl methyl sites for hydroxylation is 1. The molecular formula is C15H25N3O2. The third-order valence-electron chi connectivity index (χ3n) is 3.88. The first kappa shape index (κ1) is 15.0. The van der Waals surface area contributed by atoms with Crippen molar-refractivity contribution in [3.8, 4) is 0 Å². The lowest BCUT2D eigenvalue weighted by atomic mass is 9.99. The second-order valence-corrected chi connectivity index (χ2v) is 5.49. The Labute approximate surface area is 120 Å². The number of nitrogens with one attached hydrogen (secondary N) is 1. The Hall–Kier alpha value is -1.36. The molecular weight excluding hydrogens is 254 g/mol. The van der Waals surface area contributed by atoms with Crippen molar-refractivity contribution in [2.75, 3.05) is 19.8 Å². The van der Waals surface area contributed by atoms with E-state index in [2.05, 4.69) is 17.3 Å². The van der Waals surface area contributed by atoms with Crippen LogP contribution >= 0.6 is 0 Å². The Morgan fingerprint density at radius 2 is 2.45 bits per heavy atom. The molecule has 0 spiro atoms. The number of nitrogens with zero attached hydrogens (tertiary/aromatic N) is 2. The van der Waals surface area contributed by atoms with E-state index < -0.39 is 0 Å². The number of carbonyl (C=O) groups excluding carboxylic acids is 1. The van der Waals surface area contributed by atoms with Gasteiger partial charge in [-0.15, -0.1) is 0 Å². The maximum atomic E-state index is 12.1. The minimum Gasteiger partial charge on any atom is -0.381 e. The molecule has 0 saturated carbocycles. The van der Waals surface area contributed by atoms with Crippen molar-refractivity contribution in [2.45, 2.75) is 46.1 Å². The molecule has 0 radical (unpaired) electrons. The van der Waals surface area contributed by atoms with Gasteiger partial charge in [0.1, 0.15) is 0 Å². The van der Waals surface area contributed by atoms with Crippen molar-refractivity contribution in [1.29, 1.82) is 0 Å². The van der Waals surface area contributed by atoms with Gasteiger partial charge in [-0.3, -0.25) is 9.48 Å². The molecule has 5 nitrogen and oxygen atoms in total. The van der Waals surface area contributed by atoms with Crippen LogP contribution in [0, 0.1) is 12.8 Å². The Morgan fingerprint density at radius 1 is 1.60 bits per heavy atom. The van der Waals surface area contributed by atoms with Gasteiger partial charge in [-0.1, -0.05) is 6.92 Å². The smallest absolute Gasteiger partial charge is 0.254 e. The summed E-state index contributed by atoms with van der Waals surface area (Å²) in [6.07, 6.45) is 6.04. The molecule has 0 aromatic carbocycles. The first-order chi connectivity index (χ1) is 9.72. The van der Waals surface area contributed by atoms with E-state index in [-0.39, 0.29) is 5.91 Å². The zero-order valence-electron chi connectivity index (χ0n) is 12.5. The van der Waals surface area contributed by atoms with Crippen LogP contribution in [-0.2, 0) is 11.3 Å². The largest absolute Gasteiger partial charge is 0.381 e. The molecule has 112 valence electrons. The van der Waals surface area contributed by atoms with Gasteiger partial charge in [0, 0.05) is 32.0 Å². The van der Waals surface area contributed by atoms with Gasteiger partial charge in [-0.25, -0.2) is 0 Å². The molecule has 1 amide bonds. The van der Waals surface area contributed by atoms with E-state index in [1.165, 1.54) is 6.42 Å². The van der Waals surface area contributed by atoms with E-state index >= 15 is 0 Å². The highest BCUT2D eigenvalue weighted by Crippen LogP contribution is 2.16. The summed E-state index contributed by atoms with van der Waals surface area (Å²) in [6.45, 7) is 7.35.